The van der Waals surface area contributed by atoms with Gasteiger partial charge in [-0.3, -0.25) is 5.32 Å². The Balaban J connectivity index is 2.92. The lowest BCUT2D eigenvalue weighted by atomic mass is 10.1. The van der Waals surface area contributed by atoms with E-state index in [9.17, 15) is 4.79 Å². The summed E-state index contributed by atoms with van der Waals surface area (Å²) in [5, 5.41) is 11.0. The van der Waals surface area contributed by atoms with Gasteiger partial charge in [-0.15, -0.1) is 0 Å². The van der Waals surface area contributed by atoms with Gasteiger partial charge in [0, 0.05) is 5.69 Å². The fourth-order valence-electron chi connectivity index (χ4n) is 1.54. The fraction of sp³-hybridized carbons (Fsp3) is 0.417. The Hall–Kier alpha value is -1.71. The van der Waals surface area contributed by atoms with Gasteiger partial charge in [0.25, 0.3) is 0 Å². The van der Waals surface area contributed by atoms with E-state index in [0.29, 0.717) is 12.3 Å². The van der Waals surface area contributed by atoms with Gasteiger partial charge in [-0.1, -0.05) is 13.3 Å². The van der Waals surface area contributed by atoms with Crippen molar-refractivity contribution in [2.45, 2.75) is 26.7 Å². The van der Waals surface area contributed by atoms with Crippen LogP contribution >= 0.6 is 0 Å². The molecule has 0 radical (unpaired) electrons. The summed E-state index contributed by atoms with van der Waals surface area (Å²) in [5.41, 5.74) is 1.62. The summed E-state index contributed by atoms with van der Waals surface area (Å²) < 4.78 is 5.47. The van der Waals surface area contributed by atoms with E-state index in [4.69, 9.17) is 9.84 Å². The molecule has 1 aromatic carbocycles. The molecule has 0 aliphatic carbocycles. The molecule has 16 heavy (non-hydrogen) atoms. The van der Waals surface area contributed by atoms with Crippen molar-refractivity contribution in [3.63, 3.8) is 0 Å². The Bertz CT molecular complexity index is 363. The molecule has 0 unspecified atom stereocenters. The van der Waals surface area contributed by atoms with Crippen LogP contribution in [0.25, 0.3) is 0 Å². The summed E-state index contributed by atoms with van der Waals surface area (Å²) in [6.07, 6.45) is 0.827. The van der Waals surface area contributed by atoms with Gasteiger partial charge in [0.05, 0.1) is 6.61 Å². The molecule has 1 aromatic rings. The highest BCUT2D eigenvalue weighted by atomic mass is 16.5. The van der Waals surface area contributed by atoms with Gasteiger partial charge in [-0.25, -0.2) is 4.79 Å². The van der Waals surface area contributed by atoms with Crippen LogP contribution < -0.4 is 10.1 Å². The fourth-order valence-corrected chi connectivity index (χ4v) is 1.54. The summed E-state index contributed by atoms with van der Waals surface area (Å²) in [6, 6.07) is 5.33. The minimum Gasteiger partial charge on any atom is -0.494 e. The second-order valence-electron chi connectivity index (χ2n) is 3.44. The molecule has 0 saturated carbocycles. The molecule has 0 spiro atoms. The lowest BCUT2D eigenvalue weighted by Crippen LogP contribution is -2.08. The highest BCUT2D eigenvalue weighted by Gasteiger charge is 2.05. The van der Waals surface area contributed by atoms with Crippen molar-refractivity contribution in [1.29, 1.82) is 0 Å². The van der Waals surface area contributed by atoms with Gasteiger partial charge in [0.15, 0.2) is 0 Å². The first kappa shape index (κ1) is 12.4. The van der Waals surface area contributed by atoms with Crippen LogP contribution in [0.5, 0.6) is 5.75 Å². The number of hydrogen-bond donors (Lipinski definition) is 2. The molecule has 0 heterocycles. The van der Waals surface area contributed by atoms with Crippen LogP contribution in [-0.2, 0) is 6.42 Å². The Morgan fingerprint density at radius 2 is 2.19 bits per heavy atom. The Kier molecular flexibility index (Phi) is 4.64. The third-order valence-electron chi connectivity index (χ3n) is 2.13. The smallest absolute Gasteiger partial charge is 0.409 e. The zero-order chi connectivity index (χ0) is 12.0. The maximum atomic E-state index is 10.5. The topological polar surface area (TPSA) is 58.6 Å². The zero-order valence-electron chi connectivity index (χ0n) is 9.62. The normalized spacial score (nSPS) is 9.88. The highest BCUT2D eigenvalue weighted by Crippen LogP contribution is 2.24. The molecule has 0 aromatic heterocycles. The van der Waals surface area contributed by atoms with Gasteiger partial charge in [-0.2, -0.15) is 0 Å². The van der Waals surface area contributed by atoms with E-state index >= 15 is 0 Å². The molecule has 0 aliphatic rings. The van der Waals surface area contributed by atoms with Gasteiger partial charge in [0.1, 0.15) is 5.75 Å². The molecule has 0 atom stereocenters. The van der Waals surface area contributed by atoms with Gasteiger partial charge in [-0.05, 0) is 37.1 Å². The summed E-state index contributed by atoms with van der Waals surface area (Å²) >= 11 is 0. The third kappa shape index (κ3) is 3.46. The van der Waals surface area contributed by atoms with Crippen LogP contribution in [0.2, 0.25) is 0 Å². The zero-order valence-corrected chi connectivity index (χ0v) is 9.62. The van der Waals surface area contributed by atoms with Crippen LogP contribution in [0.4, 0.5) is 10.5 Å². The Morgan fingerprint density at radius 3 is 2.75 bits per heavy atom. The van der Waals surface area contributed by atoms with E-state index in [1.807, 2.05) is 13.0 Å². The van der Waals surface area contributed by atoms with Crippen molar-refractivity contribution in [2.75, 3.05) is 11.9 Å². The number of amides is 1. The van der Waals surface area contributed by atoms with Crippen LogP contribution in [0, 0.1) is 0 Å². The van der Waals surface area contributed by atoms with E-state index in [1.165, 1.54) is 0 Å². The lowest BCUT2D eigenvalue weighted by molar-refractivity contribution is 0.209. The van der Waals surface area contributed by atoms with Crippen LogP contribution in [0.15, 0.2) is 18.2 Å². The third-order valence-corrected chi connectivity index (χ3v) is 2.13. The molecule has 4 nitrogen and oxygen atoms in total. The highest BCUT2D eigenvalue weighted by molar-refractivity contribution is 5.83. The molecule has 1 rings (SSSR count). The second kappa shape index (κ2) is 6.00. The molecule has 0 fully saturated rings. The van der Waals surface area contributed by atoms with Crippen LogP contribution in [0.1, 0.15) is 25.8 Å². The molecule has 0 bridgehead atoms. The number of carboxylic acid groups (broad SMARTS) is 1. The SMILES string of the molecule is CCCc1cc(NC(=O)O)ccc1OCC. The van der Waals surface area contributed by atoms with E-state index in [2.05, 4.69) is 12.2 Å². The average molecular weight is 223 g/mol. The van der Waals surface area contributed by atoms with Gasteiger partial charge < -0.3 is 9.84 Å². The number of nitrogens with one attached hydrogen (secondary N) is 1. The van der Waals surface area contributed by atoms with Crippen molar-refractivity contribution in [2.24, 2.45) is 0 Å². The largest absolute Gasteiger partial charge is 0.494 e. The minimum absolute atomic E-state index is 0.583. The molecule has 0 saturated heterocycles. The van der Waals surface area contributed by atoms with Gasteiger partial charge in [0.2, 0.25) is 0 Å². The summed E-state index contributed by atoms with van der Waals surface area (Å²) in [7, 11) is 0. The molecule has 88 valence electrons. The molecule has 0 aliphatic heterocycles. The predicted molar refractivity (Wildman–Crippen MR) is 63.3 cm³/mol. The average Bonchev–Trinajstić information content (AvgIpc) is 2.21. The first-order valence-corrected chi connectivity index (χ1v) is 5.43. The van der Waals surface area contributed by atoms with Crippen molar-refractivity contribution < 1.29 is 14.6 Å². The first-order chi connectivity index (χ1) is 7.67. The standard InChI is InChI=1S/C12H17NO3/c1-3-5-9-8-10(13-12(14)15)6-7-11(9)16-4-2/h6-8,13H,3-5H2,1-2H3,(H,14,15). The van der Waals surface area contributed by atoms with E-state index in [0.717, 1.165) is 24.2 Å². The van der Waals surface area contributed by atoms with Crippen molar-refractivity contribution in [1.82, 2.24) is 0 Å². The van der Waals surface area contributed by atoms with Crippen molar-refractivity contribution in [3.8, 4) is 5.75 Å². The number of anilines is 1. The molecule has 2 N–H and O–H groups in total. The molecule has 1 amide bonds. The Morgan fingerprint density at radius 1 is 1.44 bits per heavy atom. The quantitative estimate of drug-likeness (QED) is 0.806. The monoisotopic (exact) mass is 223 g/mol. The number of ether oxygens (including phenoxy) is 1. The van der Waals surface area contributed by atoms with Crippen LogP contribution in [-0.4, -0.2) is 17.8 Å². The number of hydrogen-bond acceptors (Lipinski definition) is 2. The van der Waals surface area contributed by atoms with E-state index < -0.39 is 6.09 Å². The van der Waals surface area contributed by atoms with E-state index in [1.54, 1.807) is 12.1 Å². The van der Waals surface area contributed by atoms with Crippen LogP contribution in [0.3, 0.4) is 0 Å². The van der Waals surface area contributed by atoms with Gasteiger partial charge >= 0.3 is 6.09 Å². The maximum Gasteiger partial charge on any atom is 0.409 e. The van der Waals surface area contributed by atoms with Crippen molar-refractivity contribution >= 4 is 11.8 Å². The summed E-state index contributed by atoms with van der Waals surface area (Å²) in [6.45, 7) is 4.62. The summed E-state index contributed by atoms with van der Waals surface area (Å²) in [4.78, 5) is 10.5. The molecule has 4 heteroatoms. The summed E-state index contributed by atoms with van der Waals surface area (Å²) in [5.74, 6) is 0.834. The first-order valence-electron chi connectivity index (χ1n) is 5.43. The van der Waals surface area contributed by atoms with E-state index in [-0.39, 0.29) is 0 Å². The predicted octanol–water partition coefficient (Wildman–Crippen LogP) is 3.13. The molecular weight excluding hydrogens is 206 g/mol. The second-order valence-corrected chi connectivity index (χ2v) is 3.44. The lowest BCUT2D eigenvalue weighted by Gasteiger charge is -2.11. The number of benzene rings is 1. The number of rotatable bonds is 5. The number of aryl methyl sites for hydroxylation is 1. The minimum atomic E-state index is -1.05. The Labute approximate surface area is 95.2 Å². The molecular formula is C12H17NO3. The number of carbonyl (C=O) groups is 1. The van der Waals surface area contributed by atoms with Crippen molar-refractivity contribution in [3.05, 3.63) is 23.8 Å². The maximum absolute atomic E-state index is 10.5.